The van der Waals surface area contributed by atoms with E-state index in [1.165, 1.54) is 13.2 Å². The maximum atomic E-state index is 11.7. The third-order valence-electron chi connectivity index (χ3n) is 2.37. The first kappa shape index (κ1) is 14.2. The van der Waals surface area contributed by atoms with E-state index in [0.717, 1.165) is 17.5 Å². The van der Waals surface area contributed by atoms with Gasteiger partial charge in [0.25, 0.3) is 11.5 Å². The molecule has 0 aliphatic rings. The molecule has 7 heteroatoms. The SMILES string of the molecule is CCCNCCNC(=O)c1cn(C)c(=O)[nH]c1=O. The minimum absolute atomic E-state index is 0.0624. The lowest BCUT2D eigenvalue weighted by Crippen LogP contribution is -2.38. The standard InChI is InChI=1S/C11H18N4O3/c1-3-4-12-5-6-13-9(16)8-7-15(2)11(18)14-10(8)17/h7,12H,3-6H2,1-2H3,(H,13,16)(H,14,17,18). The molecule has 1 aromatic rings. The number of aryl methyl sites for hydroxylation is 1. The van der Waals surface area contributed by atoms with Gasteiger partial charge in [0.15, 0.2) is 0 Å². The Morgan fingerprint density at radius 3 is 2.72 bits per heavy atom. The van der Waals surface area contributed by atoms with E-state index in [0.29, 0.717) is 13.1 Å². The molecule has 0 fully saturated rings. The Labute approximate surface area is 104 Å². The van der Waals surface area contributed by atoms with Crippen LogP contribution in [-0.2, 0) is 7.05 Å². The average molecular weight is 254 g/mol. The predicted octanol–water partition coefficient (Wildman–Crippen LogP) is -1.20. The van der Waals surface area contributed by atoms with Gasteiger partial charge in [-0.1, -0.05) is 6.92 Å². The highest BCUT2D eigenvalue weighted by Crippen LogP contribution is 1.86. The number of amides is 1. The van der Waals surface area contributed by atoms with Crippen molar-refractivity contribution in [2.45, 2.75) is 13.3 Å². The van der Waals surface area contributed by atoms with Crippen LogP contribution in [0.15, 0.2) is 15.8 Å². The van der Waals surface area contributed by atoms with E-state index in [2.05, 4.69) is 22.5 Å². The summed E-state index contributed by atoms with van der Waals surface area (Å²) in [5, 5.41) is 5.73. The Morgan fingerprint density at radius 1 is 1.33 bits per heavy atom. The minimum atomic E-state index is -0.669. The number of nitrogens with one attached hydrogen (secondary N) is 3. The van der Waals surface area contributed by atoms with Crippen molar-refractivity contribution in [2.24, 2.45) is 7.05 Å². The summed E-state index contributed by atoms with van der Waals surface area (Å²) in [5.74, 6) is -0.481. The van der Waals surface area contributed by atoms with Crippen LogP contribution in [0.1, 0.15) is 23.7 Å². The zero-order valence-electron chi connectivity index (χ0n) is 10.6. The molecule has 3 N–H and O–H groups in total. The Morgan fingerprint density at radius 2 is 2.06 bits per heavy atom. The second-order valence-electron chi connectivity index (χ2n) is 3.92. The van der Waals surface area contributed by atoms with Crippen LogP contribution >= 0.6 is 0 Å². The van der Waals surface area contributed by atoms with Gasteiger partial charge >= 0.3 is 5.69 Å². The van der Waals surface area contributed by atoms with Crippen LogP contribution in [0.5, 0.6) is 0 Å². The predicted molar refractivity (Wildman–Crippen MR) is 67.8 cm³/mol. The third-order valence-corrected chi connectivity index (χ3v) is 2.37. The average Bonchev–Trinajstić information content (AvgIpc) is 2.33. The number of aromatic nitrogens is 2. The number of carbonyl (C=O) groups excluding carboxylic acids is 1. The quantitative estimate of drug-likeness (QED) is 0.556. The number of rotatable bonds is 6. The summed E-state index contributed by atoms with van der Waals surface area (Å²) in [6, 6.07) is 0. The minimum Gasteiger partial charge on any atom is -0.351 e. The number of hydrogen-bond acceptors (Lipinski definition) is 4. The molecular formula is C11H18N4O3. The van der Waals surface area contributed by atoms with Gasteiger partial charge in [0.1, 0.15) is 5.56 Å². The van der Waals surface area contributed by atoms with Gasteiger partial charge in [-0.25, -0.2) is 4.79 Å². The molecular weight excluding hydrogens is 236 g/mol. The second-order valence-corrected chi connectivity index (χ2v) is 3.92. The number of nitrogens with zero attached hydrogens (tertiary/aromatic N) is 1. The second kappa shape index (κ2) is 6.75. The van der Waals surface area contributed by atoms with E-state index in [1.807, 2.05) is 0 Å². The summed E-state index contributed by atoms with van der Waals surface area (Å²) in [4.78, 5) is 36.3. The van der Waals surface area contributed by atoms with Crippen molar-refractivity contribution in [1.29, 1.82) is 0 Å². The summed E-state index contributed by atoms with van der Waals surface area (Å²) in [6.45, 7) is 4.01. The summed E-state index contributed by atoms with van der Waals surface area (Å²) in [7, 11) is 1.47. The lowest BCUT2D eigenvalue weighted by atomic mass is 10.3. The van der Waals surface area contributed by atoms with E-state index in [1.54, 1.807) is 0 Å². The molecule has 0 aromatic carbocycles. The molecule has 0 aliphatic carbocycles. The smallest absolute Gasteiger partial charge is 0.328 e. The molecule has 100 valence electrons. The molecule has 0 spiro atoms. The fraction of sp³-hybridized carbons (Fsp3) is 0.545. The zero-order valence-corrected chi connectivity index (χ0v) is 10.6. The lowest BCUT2D eigenvalue weighted by molar-refractivity contribution is 0.0951. The van der Waals surface area contributed by atoms with E-state index in [-0.39, 0.29) is 5.56 Å². The van der Waals surface area contributed by atoms with Crippen LogP contribution in [0, 0.1) is 0 Å². The van der Waals surface area contributed by atoms with Crippen molar-refractivity contribution in [2.75, 3.05) is 19.6 Å². The molecule has 18 heavy (non-hydrogen) atoms. The van der Waals surface area contributed by atoms with Crippen LogP contribution < -0.4 is 21.9 Å². The Bertz CT molecular complexity index is 518. The van der Waals surface area contributed by atoms with E-state index < -0.39 is 17.2 Å². The molecule has 0 aliphatic heterocycles. The van der Waals surface area contributed by atoms with Crippen LogP contribution in [0.2, 0.25) is 0 Å². The van der Waals surface area contributed by atoms with Crippen molar-refractivity contribution in [3.63, 3.8) is 0 Å². The Hall–Kier alpha value is -1.89. The normalized spacial score (nSPS) is 10.3. The Balaban J connectivity index is 2.60. The van der Waals surface area contributed by atoms with Crippen molar-refractivity contribution in [3.8, 4) is 0 Å². The molecule has 0 unspecified atom stereocenters. The van der Waals surface area contributed by atoms with Gasteiger partial charge in [-0.3, -0.25) is 14.6 Å². The molecule has 0 saturated carbocycles. The number of H-pyrrole nitrogens is 1. The molecule has 0 bridgehead atoms. The first-order valence-electron chi connectivity index (χ1n) is 5.85. The number of carbonyl (C=O) groups is 1. The zero-order chi connectivity index (χ0) is 13.5. The van der Waals surface area contributed by atoms with Gasteiger partial charge in [-0.05, 0) is 13.0 Å². The maximum absolute atomic E-state index is 11.7. The van der Waals surface area contributed by atoms with Gasteiger partial charge in [-0.15, -0.1) is 0 Å². The van der Waals surface area contributed by atoms with E-state index >= 15 is 0 Å². The Kier molecular flexibility index (Phi) is 5.31. The van der Waals surface area contributed by atoms with Gasteiger partial charge in [-0.2, -0.15) is 0 Å². The van der Waals surface area contributed by atoms with Crippen LogP contribution in [-0.4, -0.2) is 35.1 Å². The van der Waals surface area contributed by atoms with Gasteiger partial charge in [0, 0.05) is 26.3 Å². The molecule has 1 heterocycles. The molecule has 1 rings (SSSR count). The molecule has 7 nitrogen and oxygen atoms in total. The molecule has 1 aromatic heterocycles. The van der Waals surface area contributed by atoms with Crippen LogP contribution in [0.4, 0.5) is 0 Å². The van der Waals surface area contributed by atoms with Gasteiger partial charge in [0.2, 0.25) is 0 Å². The van der Waals surface area contributed by atoms with Crippen molar-refractivity contribution in [3.05, 3.63) is 32.6 Å². The van der Waals surface area contributed by atoms with Gasteiger partial charge in [0.05, 0.1) is 0 Å². The number of aromatic amines is 1. The molecule has 0 saturated heterocycles. The summed E-state index contributed by atoms with van der Waals surface area (Å²) < 4.78 is 1.16. The fourth-order valence-electron chi connectivity index (χ4n) is 1.39. The first-order valence-corrected chi connectivity index (χ1v) is 5.85. The molecule has 1 amide bonds. The molecule has 0 atom stereocenters. The van der Waals surface area contributed by atoms with E-state index in [4.69, 9.17) is 0 Å². The van der Waals surface area contributed by atoms with Crippen molar-refractivity contribution < 1.29 is 4.79 Å². The monoisotopic (exact) mass is 254 g/mol. The third kappa shape index (κ3) is 3.85. The highest BCUT2D eigenvalue weighted by Gasteiger charge is 2.11. The van der Waals surface area contributed by atoms with Crippen LogP contribution in [0.25, 0.3) is 0 Å². The lowest BCUT2D eigenvalue weighted by Gasteiger charge is -2.06. The van der Waals surface area contributed by atoms with E-state index in [9.17, 15) is 14.4 Å². The summed E-state index contributed by atoms with van der Waals surface area (Å²) >= 11 is 0. The van der Waals surface area contributed by atoms with Gasteiger partial charge < -0.3 is 15.2 Å². The highest BCUT2D eigenvalue weighted by molar-refractivity contribution is 5.93. The number of hydrogen-bond donors (Lipinski definition) is 3. The van der Waals surface area contributed by atoms with Crippen molar-refractivity contribution in [1.82, 2.24) is 20.2 Å². The molecule has 0 radical (unpaired) electrons. The fourth-order valence-corrected chi connectivity index (χ4v) is 1.39. The first-order chi connectivity index (χ1) is 8.56. The maximum Gasteiger partial charge on any atom is 0.328 e. The topological polar surface area (TPSA) is 96.0 Å². The van der Waals surface area contributed by atoms with Crippen molar-refractivity contribution >= 4 is 5.91 Å². The highest BCUT2D eigenvalue weighted by atomic mass is 16.2. The summed E-state index contributed by atoms with van der Waals surface area (Å²) in [5.41, 5.74) is -1.27. The van der Waals surface area contributed by atoms with Crippen LogP contribution in [0.3, 0.4) is 0 Å². The summed E-state index contributed by atoms with van der Waals surface area (Å²) in [6.07, 6.45) is 2.25. The largest absolute Gasteiger partial charge is 0.351 e.